The molecule has 1 saturated carbocycles. The van der Waals surface area contributed by atoms with E-state index in [1.807, 2.05) is 25.3 Å². The number of hydrogen-bond donors (Lipinski definition) is 3. The number of nitrogens with one attached hydrogen (secondary N) is 2. The molecule has 0 aliphatic heterocycles. The molecular formula is C33H58ClN5O3. The van der Waals surface area contributed by atoms with Gasteiger partial charge in [0.1, 0.15) is 16.7 Å². The molecule has 2 unspecified atom stereocenters. The van der Waals surface area contributed by atoms with Gasteiger partial charge in [-0.25, -0.2) is 9.31 Å². The van der Waals surface area contributed by atoms with Crippen LogP contribution in [0.15, 0.2) is 0 Å². The number of nitrogens with zero attached hydrogens (tertiary/aromatic N) is 3. The molecule has 0 bridgehead atoms. The number of aryl methyl sites for hydroxylation is 1. The quantitative estimate of drug-likeness (QED) is 0.138. The van der Waals surface area contributed by atoms with Crippen LogP contribution in [0.1, 0.15) is 161 Å². The second kappa shape index (κ2) is 16.9. The number of hydrogen-bond acceptors (Lipinski definition) is 5. The highest BCUT2D eigenvalue weighted by molar-refractivity contribution is 6.34. The summed E-state index contributed by atoms with van der Waals surface area (Å²) in [6.07, 6.45) is 19.2. The van der Waals surface area contributed by atoms with Crippen molar-refractivity contribution < 1.29 is 14.6 Å². The van der Waals surface area contributed by atoms with Gasteiger partial charge in [-0.3, -0.25) is 5.10 Å². The van der Waals surface area contributed by atoms with Crippen molar-refractivity contribution >= 4 is 23.3 Å². The number of rotatable bonds is 19. The lowest BCUT2D eigenvalue weighted by Crippen LogP contribution is -2.53. The summed E-state index contributed by atoms with van der Waals surface area (Å²) in [6.45, 7) is 10.3. The van der Waals surface area contributed by atoms with E-state index in [1.165, 1.54) is 51.4 Å². The molecule has 1 aliphatic rings. The van der Waals surface area contributed by atoms with Crippen LogP contribution in [0, 0.1) is 6.92 Å². The summed E-state index contributed by atoms with van der Waals surface area (Å²) in [5.41, 5.74) is 0.0500. The summed E-state index contributed by atoms with van der Waals surface area (Å²) in [5, 5.41) is 27.8. The third kappa shape index (κ3) is 8.87. The van der Waals surface area contributed by atoms with Crippen molar-refractivity contribution in [2.45, 2.75) is 180 Å². The highest BCUT2D eigenvalue weighted by Gasteiger charge is 2.45. The van der Waals surface area contributed by atoms with Gasteiger partial charge in [0.2, 0.25) is 0 Å². The molecule has 0 radical (unpaired) electrons. The Kier molecular flexibility index (Phi) is 13.9. The molecule has 8 nitrogen and oxygen atoms in total. The normalized spacial score (nSPS) is 16.9. The second-order valence-electron chi connectivity index (χ2n) is 13.0. The third-order valence-corrected chi connectivity index (χ3v) is 10.2. The van der Waals surface area contributed by atoms with Crippen molar-refractivity contribution in [1.29, 1.82) is 0 Å². The first-order chi connectivity index (χ1) is 20.2. The van der Waals surface area contributed by atoms with Crippen LogP contribution in [0.2, 0.25) is 5.02 Å². The van der Waals surface area contributed by atoms with Gasteiger partial charge in [-0.1, -0.05) is 122 Å². The monoisotopic (exact) mass is 607 g/mol. The van der Waals surface area contributed by atoms with E-state index in [0.717, 1.165) is 69.3 Å². The van der Waals surface area contributed by atoms with Crippen LogP contribution in [0.25, 0.3) is 5.65 Å². The molecule has 0 aromatic carbocycles. The molecule has 9 heteroatoms. The van der Waals surface area contributed by atoms with Crippen LogP contribution in [0.5, 0.6) is 0 Å². The van der Waals surface area contributed by atoms with Gasteiger partial charge < -0.3 is 15.2 Å². The number of carbonyl (C=O) groups is 1. The maximum absolute atomic E-state index is 13.4. The summed E-state index contributed by atoms with van der Waals surface area (Å²) in [5.74, 6) is 0.802. The molecule has 2 atom stereocenters. The second-order valence-corrected chi connectivity index (χ2v) is 13.4. The van der Waals surface area contributed by atoms with Crippen molar-refractivity contribution in [3.8, 4) is 0 Å². The van der Waals surface area contributed by atoms with Crippen LogP contribution in [0.3, 0.4) is 0 Å². The summed E-state index contributed by atoms with van der Waals surface area (Å²) >= 11 is 6.47. The van der Waals surface area contributed by atoms with E-state index in [4.69, 9.17) is 16.3 Å². The zero-order valence-electron chi connectivity index (χ0n) is 27.1. The van der Waals surface area contributed by atoms with E-state index in [9.17, 15) is 9.90 Å². The van der Waals surface area contributed by atoms with E-state index in [0.29, 0.717) is 23.5 Å². The zero-order valence-corrected chi connectivity index (χ0v) is 27.8. The van der Waals surface area contributed by atoms with Crippen molar-refractivity contribution in [3.05, 3.63) is 16.5 Å². The molecule has 0 spiro atoms. The number of alkyl carbamates (subject to hydrolysis) is 1. The van der Waals surface area contributed by atoms with Gasteiger partial charge in [-0.15, -0.1) is 10.2 Å². The molecule has 2 aromatic heterocycles. The Morgan fingerprint density at radius 1 is 0.976 bits per heavy atom. The van der Waals surface area contributed by atoms with E-state index >= 15 is 0 Å². The molecule has 1 aliphatic carbocycles. The van der Waals surface area contributed by atoms with Crippen molar-refractivity contribution in [2.24, 2.45) is 0 Å². The fourth-order valence-corrected chi connectivity index (χ4v) is 7.01. The lowest BCUT2D eigenvalue weighted by molar-refractivity contribution is -0.0849. The van der Waals surface area contributed by atoms with Gasteiger partial charge in [0.15, 0.2) is 11.5 Å². The number of fused-ring (bicyclic) bond motifs is 1. The fraction of sp³-hybridized carbons (Fsp3) is 0.848. The van der Waals surface area contributed by atoms with E-state index in [-0.39, 0.29) is 6.04 Å². The molecule has 240 valence electrons. The van der Waals surface area contributed by atoms with Crippen LogP contribution < -0.4 is 5.32 Å². The molecular weight excluding hydrogens is 550 g/mol. The number of halogens is 1. The standard InChI is InChI=1S/C33H58ClN5O3/c1-6-8-10-12-14-19-23-33(41,24-20-15-13-11-9-7-2)27(5)42-31(40)35-26(4)32(21-17-16-18-22-32)30-37-36-29-28(34)25(3)38-39(29)30/h26-27,38,41H,6-24H2,1-5H3,(H,35,40). The summed E-state index contributed by atoms with van der Waals surface area (Å²) < 4.78 is 7.85. The van der Waals surface area contributed by atoms with Crippen molar-refractivity contribution in [3.63, 3.8) is 0 Å². The number of aromatic nitrogens is 4. The van der Waals surface area contributed by atoms with Gasteiger partial charge in [0, 0.05) is 6.04 Å². The van der Waals surface area contributed by atoms with Gasteiger partial charge in [0.05, 0.1) is 11.1 Å². The Labute approximate surface area is 259 Å². The lowest BCUT2D eigenvalue weighted by atomic mass is 9.69. The summed E-state index contributed by atoms with van der Waals surface area (Å²) in [4.78, 5) is 13.4. The van der Waals surface area contributed by atoms with Crippen LogP contribution in [0.4, 0.5) is 4.79 Å². The van der Waals surface area contributed by atoms with E-state index < -0.39 is 23.2 Å². The van der Waals surface area contributed by atoms with Gasteiger partial charge in [0.25, 0.3) is 0 Å². The predicted octanol–water partition coefficient (Wildman–Crippen LogP) is 8.96. The Morgan fingerprint density at radius 3 is 2.10 bits per heavy atom. The first-order valence-corrected chi connectivity index (χ1v) is 17.4. The van der Waals surface area contributed by atoms with Gasteiger partial charge in [-0.05, 0) is 46.5 Å². The van der Waals surface area contributed by atoms with Crippen molar-refractivity contribution in [1.82, 2.24) is 25.1 Å². The number of unbranched alkanes of at least 4 members (excludes halogenated alkanes) is 10. The highest BCUT2D eigenvalue weighted by atomic mass is 35.5. The van der Waals surface area contributed by atoms with Gasteiger partial charge >= 0.3 is 6.09 Å². The topological polar surface area (TPSA) is 105 Å². The molecule has 0 saturated heterocycles. The first-order valence-electron chi connectivity index (χ1n) is 17.0. The Bertz CT molecular complexity index is 1060. The average molecular weight is 608 g/mol. The summed E-state index contributed by atoms with van der Waals surface area (Å²) in [7, 11) is 0. The molecule has 3 rings (SSSR count). The van der Waals surface area contributed by atoms with Crippen molar-refractivity contribution in [2.75, 3.05) is 0 Å². The summed E-state index contributed by atoms with van der Waals surface area (Å²) in [6, 6.07) is -0.238. The highest BCUT2D eigenvalue weighted by Crippen LogP contribution is 2.42. The molecule has 1 fully saturated rings. The molecule has 3 N–H and O–H groups in total. The lowest BCUT2D eigenvalue weighted by Gasteiger charge is -2.41. The van der Waals surface area contributed by atoms with Crippen LogP contribution >= 0.6 is 11.6 Å². The minimum absolute atomic E-state index is 0.238. The zero-order chi connectivity index (χ0) is 30.6. The fourth-order valence-electron chi connectivity index (χ4n) is 6.85. The van der Waals surface area contributed by atoms with E-state index in [2.05, 4.69) is 34.5 Å². The number of aliphatic hydroxyl groups is 1. The Hall–Kier alpha value is -1.80. The Morgan fingerprint density at radius 2 is 1.52 bits per heavy atom. The number of ether oxygens (including phenoxy) is 1. The number of aromatic amines is 1. The molecule has 2 heterocycles. The predicted molar refractivity (Wildman–Crippen MR) is 171 cm³/mol. The SMILES string of the molecule is CCCCCCCCC(O)(CCCCCCCC)C(C)OC(=O)NC(C)C1(c2nnc3c(Cl)c(C)[nH]n23)CCCCC1. The molecule has 1 amide bonds. The molecule has 42 heavy (non-hydrogen) atoms. The number of H-pyrrole nitrogens is 1. The van der Waals surface area contributed by atoms with E-state index in [1.54, 1.807) is 0 Å². The Balaban J connectivity index is 1.66. The smallest absolute Gasteiger partial charge is 0.407 e. The minimum atomic E-state index is -1.02. The maximum atomic E-state index is 13.4. The van der Waals surface area contributed by atoms with Crippen LogP contribution in [-0.4, -0.2) is 48.8 Å². The minimum Gasteiger partial charge on any atom is -0.443 e. The largest absolute Gasteiger partial charge is 0.443 e. The molecule has 2 aromatic rings. The maximum Gasteiger partial charge on any atom is 0.407 e. The van der Waals surface area contributed by atoms with Gasteiger partial charge in [-0.2, -0.15) is 0 Å². The third-order valence-electron chi connectivity index (χ3n) is 9.79. The number of amides is 1. The number of carbonyl (C=O) groups excluding carboxylic acids is 1. The average Bonchev–Trinajstić information content (AvgIpc) is 3.51. The van der Waals surface area contributed by atoms with Crippen LogP contribution in [-0.2, 0) is 10.2 Å². The first kappa shape index (κ1) is 34.7.